The number of hydrogen-bond acceptors (Lipinski definition) is 6. The number of rotatable bonds is 10. The minimum absolute atomic E-state index is 0.00830. The molecule has 4 aliphatic rings. The predicted molar refractivity (Wildman–Crippen MR) is 417 cm³/mol. The van der Waals surface area contributed by atoms with E-state index in [0.717, 1.165) is 203 Å². The number of H-pyrrole nitrogens is 4. The standard InChI is InChI=1S/C90H61N9O2/c1-2-3-24-67-69-39-43-81(91-69)89(65-27-14-22-56-16-10-12-25-63(56)65)83-45-41-71(93-83)68(72-42-46-84(94-72)90(82-44-40-70(67)92-82)66-28-15-23-57-17-11-13-26-64(57)66)38-31-55-29-32-60(33-30-55)87-77-51-47-73(95-77)85(58-18-6-4-7-19-58)75-49-53-79(97-75)88(61-34-36-62(37-35-61)99(100)101)80-54-50-76(98-80)86(59-20-8-5-9-21-59)74-48-52-78(87)96-74/h4-23,25-30,32-37,39-54,91,94-95,98H,2-3,24H2,1H3. The Kier molecular flexibility index (Phi) is 14.9. The molecule has 16 bridgehead atoms. The summed E-state index contributed by atoms with van der Waals surface area (Å²) in [5, 5.41) is 16.5. The van der Waals surface area contributed by atoms with Gasteiger partial charge in [-0.1, -0.05) is 183 Å². The molecule has 0 amide bonds. The average Bonchev–Trinajstić information content (AvgIpc) is 1.68. The fraction of sp³-hybridized carbons (Fsp3) is 0.0444. The lowest BCUT2D eigenvalue weighted by atomic mass is 9.97. The van der Waals surface area contributed by atoms with Crippen molar-refractivity contribution < 1.29 is 4.92 Å². The molecule has 6 aromatic heterocycles. The molecule has 8 aromatic carbocycles. The number of nitro benzene ring substituents is 1. The molecule has 0 saturated heterocycles. The summed E-state index contributed by atoms with van der Waals surface area (Å²) in [5.41, 5.74) is 27.5. The molecule has 0 saturated carbocycles. The summed E-state index contributed by atoms with van der Waals surface area (Å²) >= 11 is 0. The second-order valence-electron chi connectivity index (χ2n) is 25.6. The van der Waals surface area contributed by atoms with E-state index in [4.69, 9.17) is 19.9 Å². The monoisotopic (exact) mass is 1300 g/mol. The van der Waals surface area contributed by atoms with Crippen LogP contribution in [0, 0.1) is 22.0 Å². The van der Waals surface area contributed by atoms with Gasteiger partial charge in [0.2, 0.25) is 0 Å². The summed E-state index contributed by atoms with van der Waals surface area (Å²) in [6.07, 6.45) is 19.8. The molecule has 10 heterocycles. The average molecular weight is 1300 g/mol. The van der Waals surface area contributed by atoms with Crippen molar-refractivity contribution in [3.05, 3.63) is 315 Å². The second-order valence-corrected chi connectivity index (χ2v) is 25.6. The predicted octanol–water partition coefficient (Wildman–Crippen LogP) is 22.6. The number of aryl methyl sites for hydroxylation is 1. The third-order valence-electron chi connectivity index (χ3n) is 19.5. The number of unbranched alkanes of at least 4 members (excludes halogenated alkanes) is 1. The summed E-state index contributed by atoms with van der Waals surface area (Å²) in [6.45, 7) is 2.24. The Labute approximate surface area is 581 Å². The lowest BCUT2D eigenvalue weighted by Gasteiger charge is -2.09. The Balaban J connectivity index is 0.850. The minimum Gasteiger partial charge on any atom is -0.355 e. The third-order valence-corrected chi connectivity index (χ3v) is 19.5. The van der Waals surface area contributed by atoms with Gasteiger partial charge in [-0.3, -0.25) is 10.1 Å². The molecule has 0 fully saturated rings. The van der Waals surface area contributed by atoms with Crippen LogP contribution in [0.15, 0.2) is 243 Å². The van der Waals surface area contributed by atoms with Crippen molar-refractivity contribution >= 4 is 120 Å². The van der Waals surface area contributed by atoms with Crippen LogP contribution in [-0.2, 0) is 6.42 Å². The van der Waals surface area contributed by atoms with Gasteiger partial charge in [0.05, 0.1) is 61.6 Å². The van der Waals surface area contributed by atoms with Crippen molar-refractivity contribution in [3.8, 4) is 78.6 Å². The highest BCUT2D eigenvalue weighted by atomic mass is 16.6. The smallest absolute Gasteiger partial charge is 0.269 e. The van der Waals surface area contributed by atoms with Crippen molar-refractivity contribution in [2.24, 2.45) is 0 Å². The highest BCUT2D eigenvalue weighted by Crippen LogP contribution is 2.42. The fourth-order valence-corrected chi connectivity index (χ4v) is 14.7. The number of nitrogens with zero attached hydrogens (tertiary/aromatic N) is 5. The summed E-state index contributed by atoms with van der Waals surface area (Å²) in [6, 6.07) is 82.9. The van der Waals surface area contributed by atoms with Gasteiger partial charge >= 0.3 is 0 Å². The van der Waals surface area contributed by atoms with E-state index in [1.54, 1.807) is 24.3 Å². The molecular weight excluding hydrogens is 1240 g/mol. The lowest BCUT2D eigenvalue weighted by Crippen LogP contribution is -1.93. The molecule has 0 radical (unpaired) electrons. The van der Waals surface area contributed by atoms with Crippen molar-refractivity contribution in [2.45, 2.75) is 26.2 Å². The highest BCUT2D eigenvalue weighted by molar-refractivity contribution is 6.07. The molecule has 0 spiro atoms. The van der Waals surface area contributed by atoms with Crippen molar-refractivity contribution in [1.82, 2.24) is 39.9 Å². The molecule has 14 aromatic rings. The first-order chi connectivity index (χ1) is 49.8. The number of aromatic amines is 4. The van der Waals surface area contributed by atoms with E-state index < -0.39 is 0 Å². The van der Waals surface area contributed by atoms with Crippen LogP contribution in [0.2, 0.25) is 0 Å². The molecule has 11 heteroatoms. The van der Waals surface area contributed by atoms with Crippen molar-refractivity contribution in [2.75, 3.05) is 0 Å². The van der Waals surface area contributed by atoms with Crippen LogP contribution in [0.4, 0.5) is 5.69 Å². The molecule has 0 atom stereocenters. The van der Waals surface area contributed by atoms with Gasteiger partial charge in [0, 0.05) is 95.3 Å². The van der Waals surface area contributed by atoms with Gasteiger partial charge in [0.15, 0.2) is 0 Å². The SMILES string of the molecule is CCCCc1c2nc(c(-c3cccc4ccccc34)c3ccc([nH]3)c(C#Cc3ccc(-c4c5nc(c(-c6ccccc6)c6ccc([nH]6)c(-c6ccc([N+](=O)[O-])cc6)c6nc(c(-c7ccccc7)c7ccc4[nH]7)C=C6)C=C5)cc3)c3nc(c(-c4cccc5ccccc45)c4ccc1[nH]4)C=C3)C=C2. The zero-order chi connectivity index (χ0) is 67.5. The molecule has 11 nitrogen and oxygen atoms in total. The normalized spacial score (nSPS) is 12.2. The molecule has 0 aliphatic carbocycles. The third kappa shape index (κ3) is 10.9. The molecule has 478 valence electrons. The number of fused-ring (bicyclic) bond motifs is 18. The van der Waals surface area contributed by atoms with E-state index in [1.165, 1.54) is 5.56 Å². The zero-order valence-electron chi connectivity index (χ0n) is 54.9. The van der Waals surface area contributed by atoms with Gasteiger partial charge in [-0.05, 0) is 189 Å². The van der Waals surface area contributed by atoms with Gasteiger partial charge < -0.3 is 19.9 Å². The lowest BCUT2D eigenvalue weighted by molar-refractivity contribution is -0.384. The second kappa shape index (κ2) is 25.1. The van der Waals surface area contributed by atoms with E-state index in [2.05, 4.69) is 257 Å². The fourth-order valence-electron chi connectivity index (χ4n) is 14.7. The van der Waals surface area contributed by atoms with Gasteiger partial charge in [-0.2, -0.15) is 0 Å². The van der Waals surface area contributed by atoms with Crippen LogP contribution in [0.1, 0.15) is 82.0 Å². The molecule has 4 aliphatic heterocycles. The first-order valence-electron chi connectivity index (χ1n) is 34.1. The molecule has 4 N–H and O–H groups in total. The van der Waals surface area contributed by atoms with Crippen LogP contribution in [0.5, 0.6) is 0 Å². The van der Waals surface area contributed by atoms with Gasteiger partial charge in [-0.15, -0.1) is 0 Å². The van der Waals surface area contributed by atoms with Crippen LogP contribution in [-0.4, -0.2) is 44.8 Å². The van der Waals surface area contributed by atoms with Gasteiger partial charge in [0.1, 0.15) is 0 Å². The number of benzene rings is 8. The summed E-state index contributed by atoms with van der Waals surface area (Å²) < 4.78 is 0. The van der Waals surface area contributed by atoms with Crippen LogP contribution in [0.25, 0.3) is 181 Å². The first-order valence-corrected chi connectivity index (χ1v) is 34.1. The summed E-state index contributed by atoms with van der Waals surface area (Å²) in [4.78, 5) is 49.2. The van der Waals surface area contributed by atoms with Crippen LogP contribution in [0.3, 0.4) is 0 Å². The topological polar surface area (TPSA) is 158 Å². The first kappa shape index (κ1) is 59.9. The van der Waals surface area contributed by atoms with E-state index >= 15 is 0 Å². The van der Waals surface area contributed by atoms with Crippen molar-refractivity contribution in [3.63, 3.8) is 0 Å². The van der Waals surface area contributed by atoms with E-state index in [1.807, 2.05) is 48.6 Å². The van der Waals surface area contributed by atoms with E-state index in [9.17, 15) is 10.1 Å². The Morgan fingerprint density at radius 2 is 0.693 bits per heavy atom. The number of hydrogen-bond donors (Lipinski definition) is 4. The van der Waals surface area contributed by atoms with E-state index in [0.29, 0.717) is 5.69 Å². The van der Waals surface area contributed by atoms with Gasteiger partial charge in [0.25, 0.3) is 5.69 Å². The Morgan fingerprint density at radius 1 is 0.337 bits per heavy atom. The van der Waals surface area contributed by atoms with Gasteiger partial charge in [-0.25, -0.2) is 19.9 Å². The maximum atomic E-state index is 11.9. The van der Waals surface area contributed by atoms with Crippen LogP contribution >= 0.6 is 0 Å². The quantitative estimate of drug-likeness (QED) is 0.0606. The zero-order valence-corrected chi connectivity index (χ0v) is 54.9. The maximum absolute atomic E-state index is 11.9. The molecular formula is C90H61N9O2. The van der Waals surface area contributed by atoms with Crippen LogP contribution < -0.4 is 0 Å². The number of non-ortho nitro benzene ring substituents is 1. The number of aromatic nitrogens is 8. The Hall–Kier alpha value is -13.6. The Morgan fingerprint density at radius 3 is 1.18 bits per heavy atom. The minimum atomic E-state index is -0.377. The van der Waals surface area contributed by atoms with Crippen molar-refractivity contribution in [1.29, 1.82) is 0 Å². The number of nitro groups is 1. The summed E-state index contributed by atoms with van der Waals surface area (Å²) in [7, 11) is 0. The molecule has 0 unspecified atom stereocenters. The number of nitrogens with one attached hydrogen (secondary N) is 4. The highest BCUT2D eigenvalue weighted by Gasteiger charge is 2.23. The summed E-state index contributed by atoms with van der Waals surface area (Å²) in [5.74, 6) is 7.36. The van der Waals surface area contributed by atoms with E-state index in [-0.39, 0.29) is 10.6 Å². The maximum Gasteiger partial charge on any atom is 0.269 e. The largest absolute Gasteiger partial charge is 0.355 e. The molecule has 101 heavy (non-hydrogen) atoms. The molecule has 18 rings (SSSR count). The Bertz CT molecular complexity index is 6200.